The predicted octanol–water partition coefficient (Wildman–Crippen LogP) is 4.17. The van der Waals surface area contributed by atoms with Crippen molar-refractivity contribution in [3.63, 3.8) is 0 Å². The van der Waals surface area contributed by atoms with Gasteiger partial charge in [0.1, 0.15) is 5.82 Å². The number of esters is 1. The Bertz CT molecular complexity index is 968. The summed E-state index contributed by atoms with van der Waals surface area (Å²) in [6.07, 6.45) is 1.57. The van der Waals surface area contributed by atoms with Crippen LogP contribution in [0, 0.1) is 6.92 Å². The first-order valence-corrected chi connectivity index (χ1v) is 8.35. The summed E-state index contributed by atoms with van der Waals surface area (Å²) >= 11 is 0. The molecule has 27 heavy (non-hydrogen) atoms. The van der Waals surface area contributed by atoms with Gasteiger partial charge in [-0.2, -0.15) is 0 Å². The number of aromatic nitrogens is 1. The Hall–Kier alpha value is -3.67. The lowest BCUT2D eigenvalue weighted by Crippen LogP contribution is -2.13. The topological polar surface area (TPSA) is 80.3 Å². The predicted molar refractivity (Wildman–Crippen MR) is 104 cm³/mol. The van der Waals surface area contributed by atoms with Crippen molar-refractivity contribution in [2.75, 3.05) is 17.7 Å². The molecule has 0 bridgehead atoms. The number of methoxy groups -OCH3 is 1. The lowest BCUT2D eigenvalue weighted by atomic mass is 10.2. The van der Waals surface area contributed by atoms with Crippen molar-refractivity contribution >= 4 is 29.1 Å². The van der Waals surface area contributed by atoms with Crippen LogP contribution in [0.4, 0.5) is 17.2 Å². The standard InChI is InChI=1S/C21H19N3O3/c1-14-5-3-4-6-18(14)24-20(25)16-11-12-22-19(13-16)23-17-9-7-15(8-10-17)21(26)27-2/h3-13H,1-2H3,(H,22,23)(H,24,25). The number of amides is 1. The molecule has 3 rings (SSSR count). The second-order valence-corrected chi connectivity index (χ2v) is 5.89. The minimum absolute atomic E-state index is 0.212. The van der Waals surface area contributed by atoms with Crippen LogP contribution >= 0.6 is 0 Å². The number of nitrogens with zero attached hydrogens (tertiary/aromatic N) is 1. The van der Waals surface area contributed by atoms with Gasteiger partial charge in [-0.25, -0.2) is 9.78 Å². The van der Waals surface area contributed by atoms with Gasteiger partial charge in [0.25, 0.3) is 5.91 Å². The molecule has 2 aromatic carbocycles. The lowest BCUT2D eigenvalue weighted by molar-refractivity contribution is 0.0600. The molecule has 1 heterocycles. The van der Waals surface area contributed by atoms with Crippen molar-refractivity contribution in [1.82, 2.24) is 4.98 Å². The number of aryl methyl sites for hydroxylation is 1. The smallest absolute Gasteiger partial charge is 0.337 e. The molecule has 0 fully saturated rings. The summed E-state index contributed by atoms with van der Waals surface area (Å²) in [5.74, 6) is -0.0800. The second-order valence-electron chi connectivity index (χ2n) is 5.89. The van der Waals surface area contributed by atoms with Crippen molar-refractivity contribution in [3.05, 3.63) is 83.6 Å². The number of nitrogens with one attached hydrogen (secondary N) is 2. The number of carbonyl (C=O) groups excluding carboxylic acids is 2. The summed E-state index contributed by atoms with van der Waals surface area (Å²) in [4.78, 5) is 28.2. The Morgan fingerprint density at radius 1 is 0.963 bits per heavy atom. The molecule has 136 valence electrons. The summed E-state index contributed by atoms with van der Waals surface area (Å²) in [6, 6.07) is 17.7. The summed E-state index contributed by atoms with van der Waals surface area (Å²) in [5.41, 5.74) is 3.45. The molecule has 3 aromatic rings. The van der Waals surface area contributed by atoms with E-state index >= 15 is 0 Å². The number of carbonyl (C=O) groups is 2. The molecule has 0 aliphatic carbocycles. The minimum Gasteiger partial charge on any atom is -0.465 e. The Morgan fingerprint density at radius 3 is 2.41 bits per heavy atom. The maximum Gasteiger partial charge on any atom is 0.337 e. The molecule has 0 spiro atoms. The van der Waals surface area contributed by atoms with Crippen LogP contribution in [-0.4, -0.2) is 24.0 Å². The van der Waals surface area contributed by atoms with Gasteiger partial charge in [-0.05, 0) is 55.0 Å². The molecule has 6 heteroatoms. The highest BCUT2D eigenvalue weighted by atomic mass is 16.5. The first-order chi connectivity index (χ1) is 13.1. The number of pyridine rings is 1. The van der Waals surface area contributed by atoms with Crippen LogP contribution in [-0.2, 0) is 4.74 Å². The Morgan fingerprint density at radius 2 is 1.70 bits per heavy atom. The number of hydrogen-bond donors (Lipinski definition) is 2. The van der Waals surface area contributed by atoms with E-state index in [0.29, 0.717) is 16.9 Å². The van der Waals surface area contributed by atoms with Gasteiger partial charge in [0.05, 0.1) is 12.7 Å². The van der Waals surface area contributed by atoms with Crippen LogP contribution in [0.1, 0.15) is 26.3 Å². The summed E-state index contributed by atoms with van der Waals surface area (Å²) < 4.78 is 4.68. The molecule has 0 unspecified atom stereocenters. The van der Waals surface area contributed by atoms with Crippen molar-refractivity contribution < 1.29 is 14.3 Å². The van der Waals surface area contributed by atoms with E-state index in [4.69, 9.17) is 0 Å². The zero-order valence-corrected chi connectivity index (χ0v) is 15.0. The average molecular weight is 361 g/mol. The van der Waals surface area contributed by atoms with Crippen LogP contribution in [0.2, 0.25) is 0 Å². The highest BCUT2D eigenvalue weighted by Crippen LogP contribution is 2.18. The molecular weight excluding hydrogens is 342 g/mol. The van der Waals surface area contributed by atoms with Gasteiger partial charge < -0.3 is 15.4 Å². The van der Waals surface area contributed by atoms with E-state index in [1.165, 1.54) is 7.11 Å². The summed E-state index contributed by atoms with van der Waals surface area (Å²) in [7, 11) is 1.34. The van der Waals surface area contributed by atoms with Gasteiger partial charge in [0, 0.05) is 23.1 Å². The highest BCUT2D eigenvalue weighted by molar-refractivity contribution is 6.05. The van der Waals surface area contributed by atoms with Gasteiger partial charge >= 0.3 is 5.97 Å². The number of ether oxygens (including phenoxy) is 1. The van der Waals surface area contributed by atoms with Gasteiger partial charge in [-0.3, -0.25) is 4.79 Å². The fourth-order valence-corrected chi connectivity index (χ4v) is 2.50. The van der Waals surface area contributed by atoms with Crippen molar-refractivity contribution in [3.8, 4) is 0 Å². The molecule has 0 saturated carbocycles. The van der Waals surface area contributed by atoms with Crippen molar-refractivity contribution in [2.45, 2.75) is 6.92 Å². The van der Waals surface area contributed by atoms with E-state index in [1.54, 1.807) is 42.6 Å². The molecule has 0 aliphatic rings. The highest BCUT2D eigenvalue weighted by Gasteiger charge is 2.09. The fraction of sp³-hybridized carbons (Fsp3) is 0.0952. The largest absolute Gasteiger partial charge is 0.465 e. The Labute approximate surface area is 157 Å². The first-order valence-electron chi connectivity index (χ1n) is 8.35. The third-order valence-electron chi connectivity index (χ3n) is 3.99. The quantitative estimate of drug-likeness (QED) is 0.667. The van der Waals surface area contributed by atoms with E-state index in [1.807, 2.05) is 31.2 Å². The Balaban J connectivity index is 1.72. The maximum absolute atomic E-state index is 12.5. The fourth-order valence-electron chi connectivity index (χ4n) is 2.50. The minimum atomic E-state index is -0.394. The third-order valence-corrected chi connectivity index (χ3v) is 3.99. The normalized spacial score (nSPS) is 10.1. The number of para-hydroxylation sites is 1. The van der Waals surface area contributed by atoms with Crippen molar-refractivity contribution in [1.29, 1.82) is 0 Å². The van der Waals surface area contributed by atoms with Crippen LogP contribution in [0.3, 0.4) is 0 Å². The van der Waals surface area contributed by atoms with Gasteiger partial charge in [0.2, 0.25) is 0 Å². The zero-order chi connectivity index (χ0) is 19.2. The summed E-state index contributed by atoms with van der Waals surface area (Å²) in [5, 5.41) is 6.01. The van der Waals surface area contributed by atoms with Gasteiger partial charge in [-0.1, -0.05) is 18.2 Å². The number of benzene rings is 2. The maximum atomic E-state index is 12.5. The molecule has 0 radical (unpaired) electrons. The first kappa shape index (κ1) is 18.1. The van der Waals surface area contributed by atoms with Crippen molar-refractivity contribution in [2.24, 2.45) is 0 Å². The third kappa shape index (κ3) is 4.49. The van der Waals surface area contributed by atoms with Crippen LogP contribution < -0.4 is 10.6 Å². The molecule has 2 N–H and O–H groups in total. The van der Waals surface area contributed by atoms with Gasteiger partial charge in [-0.15, -0.1) is 0 Å². The molecule has 1 aromatic heterocycles. The van der Waals surface area contributed by atoms with Crippen LogP contribution in [0.25, 0.3) is 0 Å². The second kappa shape index (κ2) is 8.14. The SMILES string of the molecule is COC(=O)c1ccc(Nc2cc(C(=O)Nc3ccccc3C)ccn2)cc1. The zero-order valence-electron chi connectivity index (χ0n) is 15.0. The molecule has 0 atom stereocenters. The monoisotopic (exact) mass is 361 g/mol. The lowest BCUT2D eigenvalue weighted by Gasteiger charge is -2.10. The van der Waals surface area contributed by atoms with E-state index in [0.717, 1.165) is 16.9 Å². The molecule has 0 saturated heterocycles. The molecule has 6 nitrogen and oxygen atoms in total. The number of anilines is 3. The molecule has 0 aliphatic heterocycles. The summed E-state index contributed by atoms with van der Waals surface area (Å²) in [6.45, 7) is 1.94. The van der Waals surface area contributed by atoms with Crippen LogP contribution in [0.5, 0.6) is 0 Å². The average Bonchev–Trinajstić information content (AvgIpc) is 2.70. The Kier molecular flexibility index (Phi) is 5.47. The van der Waals surface area contributed by atoms with E-state index in [-0.39, 0.29) is 5.91 Å². The molecular formula is C21H19N3O3. The number of rotatable bonds is 5. The van der Waals surface area contributed by atoms with E-state index in [9.17, 15) is 9.59 Å². The van der Waals surface area contributed by atoms with E-state index in [2.05, 4.69) is 20.4 Å². The van der Waals surface area contributed by atoms with E-state index < -0.39 is 5.97 Å². The number of hydrogen-bond acceptors (Lipinski definition) is 5. The molecule has 1 amide bonds. The van der Waals surface area contributed by atoms with Crippen LogP contribution in [0.15, 0.2) is 66.9 Å². The van der Waals surface area contributed by atoms with Gasteiger partial charge in [0.15, 0.2) is 0 Å².